The van der Waals surface area contributed by atoms with Crippen LogP contribution in [0.15, 0.2) is 48.7 Å². The number of aliphatic carboxylic acids is 1. The first-order valence-corrected chi connectivity index (χ1v) is 11.7. The van der Waals surface area contributed by atoms with E-state index in [1.807, 2.05) is 70.2 Å². The number of benzene rings is 3. The van der Waals surface area contributed by atoms with Crippen molar-refractivity contribution < 1.29 is 19.4 Å². The third kappa shape index (κ3) is 3.89. The SMILES string of the molecule is Cc1cc2ccc(Cl)cc2c(-c2ccc3c4c(ccnc24)CCO3)c1[C@@H](OC(C)(C)C)C(=O)O. The third-order valence-electron chi connectivity index (χ3n) is 6.15. The minimum atomic E-state index is -1.17. The Kier molecular flexibility index (Phi) is 5.50. The van der Waals surface area contributed by atoms with E-state index in [4.69, 9.17) is 26.1 Å². The van der Waals surface area contributed by atoms with E-state index in [1.54, 1.807) is 6.20 Å². The average molecular weight is 476 g/mol. The van der Waals surface area contributed by atoms with Crippen LogP contribution in [0.1, 0.15) is 43.6 Å². The summed E-state index contributed by atoms with van der Waals surface area (Å²) in [5, 5.41) is 13.6. The highest BCUT2D eigenvalue weighted by atomic mass is 35.5. The van der Waals surface area contributed by atoms with Crippen LogP contribution < -0.4 is 4.74 Å². The molecule has 3 aromatic carbocycles. The molecule has 1 aromatic heterocycles. The Bertz CT molecular complexity index is 1440. The average Bonchev–Trinajstić information content (AvgIpc) is 2.77. The van der Waals surface area contributed by atoms with E-state index in [1.165, 1.54) is 5.56 Å². The Hall–Kier alpha value is -3.15. The van der Waals surface area contributed by atoms with Gasteiger partial charge in [-0.25, -0.2) is 4.79 Å². The second-order valence-corrected chi connectivity index (χ2v) is 10.1. The summed E-state index contributed by atoms with van der Waals surface area (Å²) in [6.07, 6.45) is 1.44. The summed E-state index contributed by atoms with van der Waals surface area (Å²) in [6.45, 7) is 8.13. The largest absolute Gasteiger partial charge is 0.493 e. The first-order chi connectivity index (χ1) is 16.1. The van der Waals surface area contributed by atoms with Crippen LogP contribution in [0.5, 0.6) is 5.75 Å². The molecule has 1 atom stereocenters. The topological polar surface area (TPSA) is 68.7 Å². The zero-order chi connectivity index (χ0) is 24.2. The van der Waals surface area contributed by atoms with Crippen molar-refractivity contribution in [2.75, 3.05) is 6.61 Å². The van der Waals surface area contributed by atoms with Gasteiger partial charge in [0, 0.05) is 34.2 Å². The van der Waals surface area contributed by atoms with E-state index in [-0.39, 0.29) is 0 Å². The van der Waals surface area contributed by atoms with Crippen molar-refractivity contribution in [1.82, 2.24) is 4.98 Å². The van der Waals surface area contributed by atoms with Crippen LogP contribution in [0, 0.1) is 6.92 Å². The lowest BCUT2D eigenvalue weighted by atomic mass is 9.85. The number of hydrogen-bond acceptors (Lipinski definition) is 4. The molecule has 0 fully saturated rings. The van der Waals surface area contributed by atoms with Crippen molar-refractivity contribution >= 4 is 39.2 Å². The molecule has 0 spiro atoms. The number of halogens is 1. The summed E-state index contributed by atoms with van der Waals surface area (Å²) in [5.74, 6) is -0.245. The Labute approximate surface area is 203 Å². The van der Waals surface area contributed by atoms with Crippen LogP contribution in [0.3, 0.4) is 0 Å². The van der Waals surface area contributed by atoms with Crippen molar-refractivity contribution in [2.24, 2.45) is 0 Å². The standard InChI is InChI=1S/C28H26ClNO4/c1-15-13-17-5-6-18(29)14-20(17)24(22(15)26(27(31)32)34-28(2,3)4)19-7-8-21-23-16(10-12-33-21)9-11-30-25(19)23/h5-9,11,13-14,26H,10,12H2,1-4H3,(H,31,32)/t26-/m1/s1. The number of aromatic nitrogens is 1. The number of ether oxygens (including phenoxy) is 2. The molecule has 0 saturated carbocycles. The minimum Gasteiger partial charge on any atom is -0.493 e. The van der Waals surface area contributed by atoms with E-state index in [0.717, 1.165) is 50.5 Å². The molecule has 6 heteroatoms. The fourth-order valence-electron chi connectivity index (χ4n) is 4.84. The summed E-state index contributed by atoms with van der Waals surface area (Å²) in [5.41, 5.74) is 4.33. The molecule has 5 rings (SSSR count). The first kappa shape index (κ1) is 22.6. The molecule has 0 radical (unpaired) electrons. The number of fused-ring (bicyclic) bond motifs is 1. The lowest BCUT2D eigenvalue weighted by Crippen LogP contribution is -2.28. The second kappa shape index (κ2) is 8.26. The molecule has 0 aliphatic carbocycles. The molecule has 34 heavy (non-hydrogen) atoms. The molecule has 5 nitrogen and oxygen atoms in total. The van der Waals surface area contributed by atoms with Crippen molar-refractivity contribution in [3.63, 3.8) is 0 Å². The Morgan fingerprint density at radius 1 is 1.18 bits per heavy atom. The molecular weight excluding hydrogens is 450 g/mol. The van der Waals surface area contributed by atoms with Crippen LogP contribution in [0.2, 0.25) is 5.02 Å². The fourth-order valence-corrected chi connectivity index (χ4v) is 5.01. The number of rotatable bonds is 4. The Morgan fingerprint density at radius 2 is 1.97 bits per heavy atom. The predicted molar refractivity (Wildman–Crippen MR) is 135 cm³/mol. The van der Waals surface area contributed by atoms with Crippen LogP contribution in [-0.2, 0) is 16.0 Å². The van der Waals surface area contributed by atoms with E-state index in [2.05, 4.69) is 0 Å². The van der Waals surface area contributed by atoms with Crippen molar-refractivity contribution in [3.8, 4) is 16.9 Å². The number of hydrogen-bond donors (Lipinski definition) is 1. The maximum atomic E-state index is 12.6. The van der Waals surface area contributed by atoms with Crippen molar-refractivity contribution in [2.45, 2.75) is 45.8 Å². The van der Waals surface area contributed by atoms with E-state index in [0.29, 0.717) is 17.2 Å². The second-order valence-electron chi connectivity index (χ2n) is 9.70. The zero-order valence-corrected chi connectivity index (χ0v) is 20.4. The van der Waals surface area contributed by atoms with Gasteiger partial charge < -0.3 is 14.6 Å². The normalized spacial score (nSPS) is 14.3. The van der Waals surface area contributed by atoms with Gasteiger partial charge in [0.2, 0.25) is 0 Å². The fraction of sp³-hybridized carbons (Fsp3) is 0.286. The zero-order valence-electron chi connectivity index (χ0n) is 19.6. The van der Waals surface area contributed by atoms with Gasteiger partial charge in [-0.05, 0) is 85.5 Å². The van der Waals surface area contributed by atoms with E-state index >= 15 is 0 Å². The number of pyridine rings is 1. The summed E-state index contributed by atoms with van der Waals surface area (Å²) < 4.78 is 12.0. The van der Waals surface area contributed by atoms with Gasteiger partial charge in [-0.15, -0.1) is 0 Å². The third-order valence-corrected chi connectivity index (χ3v) is 6.38. The number of carboxylic acid groups (broad SMARTS) is 1. The predicted octanol–water partition coefficient (Wildman–Crippen LogP) is 6.89. The molecule has 1 aliphatic heterocycles. The summed E-state index contributed by atoms with van der Waals surface area (Å²) in [6, 6.07) is 13.6. The lowest BCUT2D eigenvalue weighted by molar-refractivity contribution is -0.160. The minimum absolute atomic E-state index is 0.575. The van der Waals surface area contributed by atoms with Crippen LogP contribution in [-0.4, -0.2) is 28.3 Å². The highest BCUT2D eigenvalue weighted by Crippen LogP contribution is 2.45. The van der Waals surface area contributed by atoms with Gasteiger partial charge in [0.1, 0.15) is 5.75 Å². The van der Waals surface area contributed by atoms with E-state index in [9.17, 15) is 9.90 Å². The van der Waals surface area contributed by atoms with Crippen molar-refractivity contribution in [3.05, 3.63) is 70.4 Å². The maximum Gasteiger partial charge on any atom is 0.337 e. The number of carbonyl (C=O) groups is 1. The van der Waals surface area contributed by atoms with Gasteiger partial charge in [-0.2, -0.15) is 0 Å². The van der Waals surface area contributed by atoms with Gasteiger partial charge in [-0.1, -0.05) is 23.7 Å². The van der Waals surface area contributed by atoms with Gasteiger partial charge in [0.25, 0.3) is 0 Å². The molecule has 0 saturated heterocycles. The van der Waals surface area contributed by atoms with Crippen molar-refractivity contribution in [1.29, 1.82) is 0 Å². The molecule has 4 aromatic rings. The molecule has 174 valence electrons. The highest BCUT2D eigenvalue weighted by Gasteiger charge is 2.32. The molecule has 2 heterocycles. The van der Waals surface area contributed by atoms with Crippen LogP contribution in [0.4, 0.5) is 0 Å². The number of aryl methyl sites for hydroxylation is 1. The lowest BCUT2D eigenvalue weighted by Gasteiger charge is -2.29. The smallest absolute Gasteiger partial charge is 0.337 e. The molecule has 0 unspecified atom stereocenters. The number of carboxylic acids is 1. The van der Waals surface area contributed by atoms with Gasteiger partial charge >= 0.3 is 5.97 Å². The quantitative estimate of drug-likeness (QED) is 0.348. The molecule has 1 N–H and O–H groups in total. The highest BCUT2D eigenvalue weighted by molar-refractivity contribution is 6.31. The molecule has 0 bridgehead atoms. The Morgan fingerprint density at radius 3 is 2.71 bits per heavy atom. The molecule has 1 aliphatic rings. The molecular formula is C28H26ClNO4. The summed E-state index contributed by atoms with van der Waals surface area (Å²) in [7, 11) is 0. The maximum absolute atomic E-state index is 12.6. The van der Waals surface area contributed by atoms with Gasteiger partial charge in [0.05, 0.1) is 17.7 Å². The van der Waals surface area contributed by atoms with Gasteiger partial charge in [0.15, 0.2) is 6.10 Å². The monoisotopic (exact) mass is 475 g/mol. The summed E-state index contributed by atoms with van der Waals surface area (Å²) in [4.78, 5) is 17.3. The summed E-state index contributed by atoms with van der Waals surface area (Å²) >= 11 is 6.44. The van der Waals surface area contributed by atoms with Gasteiger partial charge in [-0.3, -0.25) is 4.98 Å². The van der Waals surface area contributed by atoms with Crippen LogP contribution >= 0.6 is 11.6 Å². The van der Waals surface area contributed by atoms with Crippen LogP contribution in [0.25, 0.3) is 32.8 Å². The molecule has 0 amide bonds. The van der Waals surface area contributed by atoms with E-state index < -0.39 is 17.7 Å². The number of nitrogens with zero attached hydrogens (tertiary/aromatic N) is 1. The Balaban J connectivity index is 1.92. The first-order valence-electron chi connectivity index (χ1n) is 11.3.